The molecule has 2 heterocycles. The van der Waals surface area contributed by atoms with Gasteiger partial charge < -0.3 is 24.8 Å². The molecule has 0 bridgehead atoms. The van der Waals surface area contributed by atoms with Crippen molar-refractivity contribution in [3.63, 3.8) is 0 Å². The van der Waals surface area contributed by atoms with Crippen LogP contribution >= 0.6 is 0 Å². The lowest BCUT2D eigenvalue weighted by Gasteiger charge is -2.36. The van der Waals surface area contributed by atoms with E-state index in [1.807, 2.05) is 14.0 Å². The molecule has 0 saturated carbocycles. The van der Waals surface area contributed by atoms with Gasteiger partial charge in [-0.05, 0) is 33.4 Å². The molecular formula is C15H29N5O2. The van der Waals surface area contributed by atoms with Crippen molar-refractivity contribution < 1.29 is 9.53 Å². The Labute approximate surface area is 133 Å². The molecule has 0 spiro atoms. The fourth-order valence-electron chi connectivity index (χ4n) is 3.09. The molecule has 126 valence electrons. The highest BCUT2D eigenvalue weighted by atomic mass is 16.6. The number of hydrogen-bond donors (Lipinski definition) is 1. The molecule has 0 radical (unpaired) electrons. The van der Waals surface area contributed by atoms with Crippen LogP contribution in [-0.4, -0.2) is 92.8 Å². The zero-order valence-electron chi connectivity index (χ0n) is 14.0. The first-order valence-corrected chi connectivity index (χ1v) is 8.23. The van der Waals surface area contributed by atoms with E-state index in [0.29, 0.717) is 25.7 Å². The van der Waals surface area contributed by atoms with Gasteiger partial charge in [0.25, 0.3) is 0 Å². The molecule has 0 aliphatic carbocycles. The van der Waals surface area contributed by atoms with Gasteiger partial charge in [0, 0.05) is 45.8 Å². The maximum atomic E-state index is 11.7. The summed E-state index contributed by atoms with van der Waals surface area (Å²) in [6.45, 7) is 7.32. The van der Waals surface area contributed by atoms with Crippen LogP contribution in [0, 0.1) is 0 Å². The number of likely N-dealkylation sites (N-methyl/N-ethyl adjacent to an activating group) is 1. The Morgan fingerprint density at radius 3 is 2.45 bits per heavy atom. The van der Waals surface area contributed by atoms with Crippen LogP contribution in [0.15, 0.2) is 4.99 Å². The zero-order chi connectivity index (χ0) is 15.9. The number of nitrogens with one attached hydrogen (secondary N) is 1. The first kappa shape index (κ1) is 16.9. The van der Waals surface area contributed by atoms with Crippen LogP contribution < -0.4 is 5.32 Å². The van der Waals surface area contributed by atoms with Gasteiger partial charge >= 0.3 is 6.09 Å². The Morgan fingerprint density at radius 2 is 1.91 bits per heavy atom. The number of hydrogen-bond acceptors (Lipinski definition) is 4. The number of aliphatic imine (C=N–C) groups is 1. The quantitative estimate of drug-likeness (QED) is 0.605. The number of rotatable bonds is 3. The standard InChI is InChI=1S/C15H29N5O2/c1-4-22-15(21)20-10-8-19(9-11-20)14(16-2)17-12-13-6-5-7-18(13)3/h13H,4-12H2,1-3H3,(H,16,17). The summed E-state index contributed by atoms with van der Waals surface area (Å²) in [5, 5.41) is 3.48. The second-order valence-electron chi connectivity index (χ2n) is 5.88. The van der Waals surface area contributed by atoms with Gasteiger partial charge in [-0.1, -0.05) is 0 Å². The molecule has 0 aromatic heterocycles. The summed E-state index contributed by atoms with van der Waals surface area (Å²) in [6, 6.07) is 0.595. The molecule has 2 rings (SSSR count). The predicted molar refractivity (Wildman–Crippen MR) is 87.2 cm³/mol. The highest BCUT2D eigenvalue weighted by Gasteiger charge is 2.25. The van der Waals surface area contributed by atoms with E-state index in [-0.39, 0.29) is 6.09 Å². The number of carbonyl (C=O) groups excluding carboxylic acids is 1. The van der Waals surface area contributed by atoms with Gasteiger partial charge in [-0.25, -0.2) is 4.79 Å². The van der Waals surface area contributed by atoms with E-state index in [4.69, 9.17) is 4.74 Å². The van der Waals surface area contributed by atoms with Crippen LogP contribution in [0.1, 0.15) is 19.8 Å². The lowest BCUT2D eigenvalue weighted by Crippen LogP contribution is -2.55. The molecule has 0 aromatic rings. The van der Waals surface area contributed by atoms with Crippen molar-refractivity contribution in [2.75, 3.05) is 60.0 Å². The van der Waals surface area contributed by atoms with E-state index < -0.39 is 0 Å². The second-order valence-corrected chi connectivity index (χ2v) is 5.88. The van der Waals surface area contributed by atoms with E-state index in [0.717, 1.165) is 25.6 Å². The van der Waals surface area contributed by atoms with Crippen molar-refractivity contribution in [3.05, 3.63) is 0 Å². The largest absolute Gasteiger partial charge is 0.450 e. The van der Waals surface area contributed by atoms with Gasteiger partial charge in [0.15, 0.2) is 5.96 Å². The van der Waals surface area contributed by atoms with Crippen molar-refractivity contribution in [2.45, 2.75) is 25.8 Å². The van der Waals surface area contributed by atoms with Crippen LogP contribution in [0.5, 0.6) is 0 Å². The van der Waals surface area contributed by atoms with Gasteiger partial charge in [-0.3, -0.25) is 4.99 Å². The van der Waals surface area contributed by atoms with Crippen LogP contribution in [0.4, 0.5) is 4.79 Å². The summed E-state index contributed by atoms with van der Waals surface area (Å²) in [5.41, 5.74) is 0. The average molecular weight is 311 g/mol. The van der Waals surface area contributed by atoms with Crippen LogP contribution in [0.25, 0.3) is 0 Å². The zero-order valence-corrected chi connectivity index (χ0v) is 14.0. The second kappa shape index (κ2) is 8.22. The van der Waals surface area contributed by atoms with Crippen molar-refractivity contribution in [1.29, 1.82) is 0 Å². The Morgan fingerprint density at radius 1 is 1.23 bits per heavy atom. The van der Waals surface area contributed by atoms with Gasteiger partial charge in [0.2, 0.25) is 0 Å². The molecule has 1 atom stereocenters. The minimum Gasteiger partial charge on any atom is -0.450 e. The minimum atomic E-state index is -0.210. The summed E-state index contributed by atoms with van der Waals surface area (Å²) in [5.74, 6) is 0.934. The average Bonchev–Trinajstić information content (AvgIpc) is 2.94. The number of carbonyl (C=O) groups is 1. The first-order chi connectivity index (χ1) is 10.7. The van der Waals surface area contributed by atoms with Gasteiger partial charge in [0.05, 0.1) is 6.61 Å². The molecule has 0 aromatic carbocycles. The van der Waals surface area contributed by atoms with E-state index >= 15 is 0 Å². The summed E-state index contributed by atoms with van der Waals surface area (Å²) in [4.78, 5) is 22.5. The molecule has 2 aliphatic heterocycles. The molecule has 1 N–H and O–H groups in total. The molecular weight excluding hydrogens is 282 g/mol. The Hall–Kier alpha value is -1.50. The summed E-state index contributed by atoms with van der Waals surface area (Å²) < 4.78 is 5.05. The van der Waals surface area contributed by atoms with Crippen LogP contribution in [0.2, 0.25) is 0 Å². The first-order valence-electron chi connectivity index (χ1n) is 8.23. The third kappa shape index (κ3) is 4.25. The summed E-state index contributed by atoms with van der Waals surface area (Å²) in [6.07, 6.45) is 2.31. The van der Waals surface area contributed by atoms with Gasteiger partial charge in [-0.15, -0.1) is 0 Å². The number of ether oxygens (including phenoxy) is 1. The minimum absolute atomic E-state index is 0.210. The Bertz CT molecular complexity index is 393. The third-order valence-electron chi connectivity index (χ3n) is 4.48. The molecule has 2 saturated heterocycles. The van der Waals surface area contributed by atoms with E-state index in [1.54, 1.807) is 4.90 Å². The third-order valence-corrected chi connectivity index (χ3v) is 4.48. The number of guanidine groups is 1. The normalized spacial score (nSPS) is 23.8. The Balaban J connectivity index is 1.77. The summed E-state index contributed by atoms with van der Waals surface area (Å²) in [7, 11) is 4.00. The monoisotopic (exact) mass is 311 g/mol. The Kier molecular flexibility index (Phi) is 6.30. The van der Waals surface area contributed by atoms with Crippen molar-refractivity contribution >= 4 is 12.1 Å². The number of amides is 1. The predicted octanol–water partition coefficient (Wildman–Crippen LogP) is 0.430. The topological polar surface area (TPSA) is 60.4 Å². The fraction of sp³-hybridized carbons (Fsp3) is 0.867. The van der Waals surface area contributed by atoms with Crippen molar-refractivity contribution in [1.82, 2.24) is 20.0 Å². The number of likely N-dealkylation sites (tertiary alicyclic amines) is 1. The lowest BCUT2D eigenvalue weighted by molar-refractivity contribution is 0.0914. The molecule has 22 heavy (non-hydrogen) atoms. The van der Waals surface area contributed by atoms with E-state index in [2.05, 4.69) is 27.2 Å². The molecule has 1 amide bonds. The molecule has 1 unspecified atom stereocenters. The maximum Gasteiger partial charge on any atom is 0.409 e. The van der Waals surface area contributed by atoms with Gasteiger partial charge in [0.1, 0.15) is 0 Å². The lowest BCUT2D eigenvalue weighted by atomic mass is 10.2. The van der Waals surface area contributed by atoms with Crippen LogP contribution in [0.3, 0.4) is 0 Å². The summed E-state index contributed by atoms with van der Waals surface area (Å²) >= 11 is 0. The highest BCUT2D eigenvalue weighted by molar-refractivity contribution is 5.80. The van der Waals surface area contributed by atoms with Crippen LogP contribution in [-0.2, 0) is 4.74 Å². The SMILES string of the molecule is CCOC(=O)N1CCN(C(=NC)NCC2CCCN2C)CC1. The molecule has 2 fully saturated rings. The number of piperazine rings is 1. The highest BCUT2D eigenvalue weighted by Crippen LogP contribution is 2.13. The molecule has 7 heteroatoms. The molecule has 2 aliphatic rings. The molecule has 7 nitrogen and oxygen atoms in total. The maximum absolute atomic E-state index is 11.7. The fourth-order valence-corrected chi connectivity index (χ4v) is 3.09. The van der Waals surface area contributed by atoms with E-state index in [9.17, 15) is 4.79 Å². The smallest absolute Gasteiger partial charge is 0.409 e. The van der Waals surface area contributed by atoms with Gasteiger partial charge in [-0.2, -0.15) is 0 Å². The van der Waals surface area contributed by atoms with Crippen molar-refractivity contribution in [2.24, 2.45) is 4.99 Å². The number of nitrogens with zero attached hydrogens (tertiary/aromatic N) is 4. The van der Waals surface area contributed by atoms with E-state index in [1.165, 1.54) is 19.4 Å². The van der Waals surface area contributed by atoms with Crippen molar-refractivity contribution in [3.8, 4) is 0 Å².